The SMILES string of the molecule is N#Cc1ccc2c(c1)c1cc(-c3ccc(-c4ccc5c(-c6ccccc6)c6cc(-c7cccc8ccccc78)ccc6c(-c6ccccc6)c5c4)cc3)ccc1n2-c1ccccc1. The Morgan fingerprint density at radius 3 is 1.41 bits per heavy atom. The van der Waals surface area contributed by atoms with Gasteiger partial charge in [-0.25, -0.2) is 0 Å². The van der Waals surface area contributed by atoms with E-state index in [0.717, 1.165) is 44.2 Å². The summed E-state index contributed by atoms with van der Waals surface area (Å²) in [5.41, 5.74) is 15.9. The molecule has 292 valence electrons. The van der Waals surface area contributed by atoms with Gasteiger partial charge in [-0.3, -0.25) is 0 Å². The molecule has 12 aromatic rings. The number of nitrogens with zero attached hydrogens (tertiary/aromatic N) is 2. The molecule has 0 fully saturated rings. The summed E-state index contributed by atoms with van der Waals surface area (Å²) in [4.78, 5) is 0. The first-order valence-electron chi connectivity index (χ1n) is 21.5. The highest BCUT2D eigenvalue weighted by Crippen LogP contribution is 2.46. The molecule has 11 aromatic carbocycles. The molecule has 0 N–H and O–H groups in total. The van der Waals surface area contributed by atoms with Crippen molar-refractivity contribution in [1.29, 1.82) is 5.26 Å². The van der Waals surface area contributed by atoms with Crippen LogP contribution in [0.2, 0.25) is 0 Å². The Balaban J connectivity index is 1.02. The molecule has 0 saturated carbocycles. The topological polar surface area (TPSA) is 28.7 Å². The number of benzene rings is 11. The molecule has 2 heteroatoms. The standard InChI is InChI=1S/C61H38N2/c62-39-40-23-33-58-54(35-40)55-36-47(30-34-59(55)63(58)49-19-8-3-9-20-49)42-26-24-41(25-27-42)46-28-31-52-56(37-46)60(44-14-4-1-5-15-44)53-32-29-48(38-57(53)61(52)45-16-6-2-7-17-45)51-22-12-18-43-13-10-11-21-50(43)51/h1-38H. The van der Waals surface area contributed by atoms with E-state index in [1.807, 2.05) is 18.2 Å². The van der Waals surface area contributed by atoms with Crippen LogP contribution < -0.4 is 0 Å². The summed E-state index contributed by atoms with van der Waals surface area (Å²) in [6, 6.07) is 85.6. The van der Waals surface area contributed by atoms with Gasteiger partial charge in [-0.1, -0.05) is 176 Å². The molecule has 63 heavy (non-hydrogen) atoms. The number of rotatable bonds is 6. The molecule has 0 bridgehead atoms. The van der Waals surface area contributed by atoms with E-state index >= 15 is 0 Å². The van der Waals surface area contributed by atoms with Gasteiger partial charge in [-0.05, 0) is 143 Å². The van der Waals surface area contributed by atoms with E-state index in [0.29, 0.717) is 5.56 Å². The Morgan fingerprint density at radius 1 is 0.302 bits per heavy atom. The molecule has 0 aliphatic carbocycles. The van der Waals surface area contributed by atoms with Crippen molar-refractivity contribution in [3.05, 3.63) is 236 Å². The van der Waals surface area contributed by atoms with Crippen molar-refractivity contribution in [1.82, 2.24) is 4.57 Å². The second-order valence-corrected chi connectivity index (χ2v) is 16.4. The first kappa shape index (κ1) is 36.4. The largest absolute Gasteiger partial charge is 0.309 e. The quantitative estimate of drug-likeness (QED) is 0.154. The first-order chi connectivity index (χ1) is 31.2. The summed E-state index contributed by atoms with van der Waals surface area (Å²) >= 11 is 0. The molecule has 0 radical (unpaired) electrons. The minimum absolute atomic E-state index is 0.657. The van der Waals surface area contributed by atoms with E-state index in [-0.39, 0.29) is 0 Å². The maximum Gasteiger partial charge on any atom is 0.0991 e. The third-order valence-electron chi connectivity index (χ3n) is 12.8. The van der Waals surface area contributed by atoms with Crippen molar-refractivity contribution >= 4 is 54.1 Å². The summed E-state index contributed by atoms with van der Waals surface area (Å²) in [6.45, 7) is 0. The number of fused-ring (bicyclic) bond motifs is 6. The highest BCUT2D eigenvalue weighted by molar-refractivity contribution is 6.23. The third kappa shape index (κ3) is 6.10. The monoisotopic (exact) mass is 798 g/mol. The van der Waals surface area contributed by atoms with Crippen LogP contribution in [0.4, 0.5) is 0 Å². The fourth-order valence-corrected chi connectivity index (χ4v) is 9.87. The van der Waals surface area contributed by atoms with Crippen LogP contribution in [0.25, 0.3) is 115 Å². The van der Waals surface area contributed by atoms with Crippen molar-refractivity contribution in [3.63, 3.8) is 0 Å². The van der Waals surface area contributed by atoms with Crippen molar-refractivity contribution in [3.8, 4) is 67.4 Å². The summed E-state index contributed by atoms with van der Waals surface area (Å²) in [5, 5.41) is 19.4. The normalized spacial score (nSPS) is 11.5. The molecule has 0 unspecified atom stereocenters. The van der Waals surface area contributed by atoms with Crippen LogP contribution in [0.15, 0.2) is 231 Å². The van der Waals surface area contributed by atoms with Crippen LogP contribution in [0.1, 0.15) is 5.56 Å². The molecule has 0 amide bonds. The fourth-order valence-electron chi connectivity index (χ4n) is 9.87. The smallest absolute Gasteiger partial charge is 0.0991 e. The molecule has 0 spiro atoms. The predicted octanol–water partition coefficient (Wildman–Crippen LogP) is 16.4. The molecular formula is C61H38N2. The van der Waals surface area contributed by atoms with Crippen LogP contribution in [-0.2, 0) is 0 Å². The van der Waals surface area contributed by atoms with Gasteiger partial charge in [-0.2, -0.15) is 5.26 Å². The molecule has 12 rings (SSSR count). The Kier molecular flexibility index (Phi) is 8.59. The lowest BCUT2D eigenvalue weighted by molar-refractivity contribution is 1.18. The molecule has 2 nitrogen and oxygen atoms in total. The summed E-state index contributed by atoms with van der Waals surface area (Å²) < 4.78 is 2.29. The molecule has 0 saturated heterocycles. The Hall–Kier alpha value is -8.51. The molecule has 1 heterocycles. The minimum atomic E-state index is 0.657. The first-order valence-corrected chi connectivity index (χ1v) is 21.5. The van der Waals surface area contributed by atoms with Gasteiger partial charge < -0.3 is 4.57 Å². The molecule has 0 aliphatic heterocycles. The summed E-state index contributed by atoms with van der Waals surface area (Å²) in [7, 11) is 0. The van der Waals surface area contributed by atoms with Crippen molar-refractivity contribution in [2.45, 2.75) is 0 Å². The van der Waals surface area contributed by atoms with E-state index in [1.54, 1.807) is 0 Å². The van der Waals surface area contributed by atoms with Crippen LogP contribution in [0, 0.1) is 11.3 Å². The van der Waals surface area contributed by atoms with Gasteiger partial charge in [0, 0.05) is 16.5 Å². The van der Waals surface area contributed by atoms with Crippen LogP contribution in [-0.4, -0.2) is 4.57 Å². The lowest BCUT2D eigenvalue weighted by atomic mass is 9.83. The van der Waals surface area contributed by atoms with Crippen LogP contribution >= 0.6 is 0 Å². The number of hydrogen-bond acceptors (Lipinski definition) is 1. The molecule has 0 atom stereocenters. The third-order valence-corrected chi connectivity index (χ3v) is 12.8. The van der Waals surface area contributed by atoms with Gasteiger partial charge >= 0.3 is 0 Å². The average molecular weight is 799 g/mol. The summed E-state index contributed by atoms with van der Waals surface area (Å²) in [6.07, 6.45) is 0. The van der Waals surface area contributed by atoms with Gasteiger partial charge in [0.05, 0.1) is 22.7 Å². The maximum absolute atomic E-state index is 9.81. The Morgan fingerprint density at radius 2 is 0.778 bits per heavy atom. The zero-order valence-electron chi connectivity index (χ0n) is 34.3. The predicted molar refractivity (Wildman–Crippen MR) is 265 cm³/mol. The average Bonchev–Trinajstić information content (AvgIpc) is 3.69. The van der Waals surface area contributed by atoms with Crippen molar-refractivity contribution in [2.24, 2.45) is 0 Å². The van der Waals surface area contributed by atoms with E-state index in [2.05, 4.69) is 223 Å². The van der Waals surface area contributed by atoms with E-state index in [1.165, 1.54) is 71.3 Å². The van der Waals surface area contributed by atoms with Gasteiger partial charge in [-0.15, -0.1) is 0 Å². The zero-order valence-corrected chi connectivity index (χ0v) is 34.3. The van der Waals surface area contributed by atoms with Gasteiger partial charge in [0.25, 0.3) is 0 Å². The van der Waals surface area contributed by atoms with E-state index in [9.17, 15) is 5.26 Å². The van der Waals surface area contributed by atoms with Gasteiger partial charge in [0.2, 0.25) is 0 Å². The minimum Gasteiger partial charge on any atom is -0.309 e. The Bertz CT molecular complexity index is 3760. The second-order valence-electron chi connectivity index (χ2n) is 16.4. The maximum atomic E-state index is 9.81. The Labute approximate surface area is 365 Å². The lowest BCUT2D eigenvalue weighted by Gasteiger charge is -2.20. The van der Waals surface area contributed by atoms with Gasteiger partial charge in [0.15, 0.2) is 0 Å². The number of nitriles is 1. The van der Waals surface area contributed by atoms with E-state index < -0.39 is 0 Å². The highest BCUT2D eigenvalue weighted by atomic mass is 15.0. The van der Waals surface area contributed by atoms with Crippen LogP contribution in [0.3, 0.4) is 0 Å². The highest BCUT2D eigenvalue weighted by Gasteiger charge is 2.20. The number of para-hydroxylation sites is 1. The van der Waals surface area contributed by atoms with E-state index in [4.69, 9.17) is 0 Å². The van der Waals surface area contributed by atoms with Crippen molar-refractivity contribution < 1.29 is 0 Å². The molecular weight excluding hydrogens is 761 g/mol. The second kappa shape index (κ2) is 14.9. The van der Waals surface area contributed by atoms with Crippen LogP contribution in [0.5, 0.6) is 0 Å². The molecule has 1 aromatic heterocycles. The lowest BCUT2D eigenvalue weighted by Crippen LogP contribution is -1.93. The summed E-state index contributed by atoms with van der Waals surface area (Å²) in [5.74, 6) is 0. The van der Waals surface area contributed by atoms with Gasteiger partial charge in [0.1, 0.15) is 0 Å². The zero-order chi connectivity index (χ0) is 41.9. The van der Waals surface area contributed by atoms with Crippen molar-refractivity contribution in [2.75, 3.05) is 0 Å². The number of hydrogen-bond donors (Lipinski definition) is 0. The number of aromatic nitrogens is 1. The molecule has 0 aliphatic rings. The fraction of sp³-hybridized carbons (Fsp3) is 0.